The van der Waals surface area contributed by atoms with Crippen LogP contribution in [0.2, 0.25) is 0 Å². The monoisotopic (exact) mass is 328 g/mol. The van der Waals surface area contributed by atoms with Gasteiger partial charge in [-0.25, -0.2) is 13.2 Å². The molecule has 1 saturated heterocycles. The third kappa shape index (κ3) is 3.27. The van der Waals surface area contributed by atoms with Crippen LogP contribution in [-0.2, 0) is 10.0 Å². The largest absolute Gasteiger partial charge is 0.477 e. The fourth-order valence-electron chi connectivity index (χ4n) is 2.18. The second kappa shape index (κ2) is 6.15. The summed E-state index contributed by atoms with van der Waals surface area (Å²) >= 11 is 0.804. The van der Waals surface area contributed by atoms with Crippen molar-refractivity contribution in [3.63, 3.8) is 0 Å². The van der Waals surface area contributed by atoms with Crippen molar-refractivity contribution in [1.82, 2.24) is 9.21 Å². The molecule has 2 rings (SSSR count). The zero-order chi connectivity index (χ0) is 15.6. The van der Waals surface area contributed by atoms with Crippen LogP contribution in [0.25, 0.3) is 0 Å². The minimum Gasteiger partial charge on any atom is -0.477 e. The van der Waals surface area contributed by atoms with E-state index >= 15 is 0 Å². The molecule has 1 fully saturated rings. The summed E-state index contributed by atoms with van der Waals surface area (Å²) in [4.78, 5) is 13.1. The Morgan fingerprint density at radius 2 is 2.05 bits per heavy atom. The second-order valence-electron chi connectivity index (χ2n) is 4.77. The van der Waals surface area contributed by atoms with Gasteiger partial charge in [0.15, 0.2) is 0 Å². The van der Waals surface area contributed by atoms with Crippen molar-refractivity contribution in [1.29, 1.82) is 0 Å². The Balaban J connectivity index is 2.18. The van der Waals surface area contributed by atoms with Gasteiger partial charge in [-0.1, -0.05) is 5.92 Å². The first kappa shape index (κ1) is 16.0. The molecule has 0 amide bonds. The van der Waals surface area contributed by atoms with Crippen molar-refractivity contribution in [2.45, 2.75) is 11.1 Å². The molecule has 0 aliphatic carbocycles. The van der Waals surface area contributed by atoms with E-state index in [1.165, 1.54) is 10.4 Å². The first-order valence-corrected chi connectivity index (χ1v) is 8.61. The van der Waals surface area contributed by atoms with Crippen molar-refractivity contribution in [2.24, 2.45) is 0 Å². The van der Waals surface area contributed by atoms with E-state index in [0.717, 1.165) is 11.3 Å². The molecule has 0 bridgehead atoms. The fraction of sp³-hybridized carbons (Fsp3) is 0.462. The minimum absolute atomic E-state index is 0.0690. The number of carboxylic acid groups (broad SMARTS) is 1. The molecule has 0 radical (unpaired) electrons. The summed E-state index contributed by atoms with van der Waals surface area (Å²) in [5.74, 6) is 1.44. The van der Waals surface area contributed by atoms with Gasteiger partial charge in [-0.05, 0) is 18.6 Å². The lowest BCUT2D eigenvalue weighted by atomic mass is 10.3. The Morgan fingerprint density at radius 3 is 2.52 bits per heavy atom. The smallest absolute Gasteiger partial charge is 0.346 e. The van der Waals surface area contributed by atoms with E-state index in [9.17, 15) is 13.2 Å². The molecule has 0 atom stereocenters. The average Bonchev–Trinajstić information content (AvgIpc) is 2.83. The molecule has 114 valence electrons. The van der Waals surface area contributed by atoms with Crippen molar-refractivity contribution >= 4 is 27.3 Å². The van der Waals surface area contributed by atoms with Gasteiger partial charge in [-0.15, -0.1) is 17.8 Å². The molecule has 1 N–H and O–H groups in total. The maximum atomic E-state index is 12.5. The van der Waals surface area contributed by atoms with Crippen molar-refractivity contribution < 1.29 is 18.3 Å². The van der Waals surface area contributed by atoms with Gasteiger partial charge in [0.1, 0.15) is 9.09 Å². The van der Waals surface area contributed by atoms with E-state index in [0.29, 0.717) is 38.3 Å². The van der Waals surface area contributed by atoms with Crippen molar-refractivity contribution in [3.05, 3.63) is 16.5 Å². The molecule has 1 aromatic heterocycles. The lowest BCUT2D eigenvalue weighted by Crippen LogP contribution is -2.48. The van der Waals surface area contributed by atoms with Crippen molar-refractivity contribution in [3.8, 4) is 12.3 Å². The second-order valence-corrected chi connectivity index (χ2v) is 7.98. The number of sulfonamides is 1. The number of terminal acetylenes is 1. The van der Waals surface area contributed by atoms with Gasteiger partial charge in [-0.2, -0.15) is 4.31 Å². The number of nitrogens with zero attached hydrogens (tertiary/aromatic N) is 2. The van der Waals surface area contributed by atoms with E-state index in [1.807, 2.05) is 4.90 Å². The highest BCUT2D eigenvalue weighted by Crippen LogP contribution is 2.29. The number of carboxylic acids is 1. The number of hydrogen-bond donors (Lipinski definition) is 1. The molecule has 1 aliphatic heterocycles. The van der Waals surface area contributed by atoms with E-state index in [4.69, 9.17) is 11.5 Å². The molecule has 0 unspecified atom stereocenters. The number of thiophene rings is 1. The number of carbonyl (C=O) groups is 1. The predicted octanol–water partition coefficient (Wildman–Crippen LogP) is 0.694. The zero-order valence-corrected chi connectivity index (χ0v) is 13.2. The summed E-state index contributed by atoms with van der Waals surface area (Å²) in [5, 5.41) is 9.03. The summed E-state index contributed by atoms with van der Waals surface area (Å²) in [6.07, 6.45) is 5.24. The van der Waals surface area contributed by atoms with Gasteiger partial charge in [0.25, 0.3) is 10.0 Å². The highest BCUT2D eigenvalue weighted by molar-refractivity contribution is 7.91. The number of piperazine rings is 1. The summed E-state index contributed by atoms with van der Waals surface area (Å²) in [7, 11) is -3.63. The molecule has 2 heterocycles. The van der Waals surface area contributed by atoms with Gasteiger partial charge >= 0.3 is 5.97 Å². The van der Waals surface area contributed by atoms with Gasteiger partial charge < -0.3 is 5.11 Å². The van der Waals surface area contributed by atoms with Gasteiger partial charge in [-0.3, -0.25) is 4.90 Å². The lowest BCUT2D eigenvalue weighted by Gasteiger charge is -2.32. The summed E-state index contributed by atoms with van der Waals surface area (Å²) in [6.45, 7) is 4.00. The summed E-state index contributed by atoms with van der Waals surface area (Å²) in [6, 6.07) is 1.43. The maximum Gasteiger partial charge on any atom is 0.346 e. The van der Waals surface area contributed by atoms with Crippen LogP contribution in [0, 0.1) is 19.3 Å². The van der Waals surface area contributed by atoms with E-state index < -0.39 is 16.0 Å². The first-order valence-electron chi connectivity index (χ1n) is 6.36. The Kier molecular flexibility index (Phi) is 4.68. The van der Waals surface area contributed by atoms with Gasteiger partial charge in [0.2, 0.25) is 0 Å². The molecule has 1 aliphatic rings. The van der Waals surface area contributed by atoms with Crippen LogP contribution in [0.3, 0.4) is 0 Å². The van der Waals surface area contributed by atoms with Crippen LogP contribution in [-0.4, -0.2) is 61.4 Å². The van der Waals surface area contributed by atoms with Crippen molar-refractivity contribution in [2.75, 3.05) is 32.7 Å². The number of aromatic carboxylic acids is 1. The number of aryl methyl sites for hydroxylation is 1. The van der Waals surface area contributed by atoms with Gasteiger partial charge in [0, 0.05) is 26.2 Å². The third-order valence-corrected chi connectivity index (χ3v) is 6.90. The van der Waals surface area contributed by atoms with E-state index in [1.54, 1.807) is 6.92 Å². The molecule has 1 aromatic rings. The Labute approximate surface area is 128 Å². The normalized spacial score (nSPS) is 17.5. The van der Waals surface area contributed by atoms with Crippen LogP contribution >= 0.6 is 11.3 Å². The fourth-order valence-corrected chi connectivity index (χ4v) is 5.13. The average molecular weight is 328 g/mol. The quantitative estimate of drug-likeness (QED) is 0.823. The molecule has 8 heteroatoms. The summed E-state index contributed by atoms with van der Waals surface area (Å²) < 4.78 is 26.5. The highest BCUT2D eigenvalue weighted by Gasteiger charge is 2.30. The van der Waals surface area contributed by atoms with Crippen LogP contribution < -0.4 is 0 Å². The predicted molar refractivity (Wildman–Crippen MR) is 80.0 cm³/mol. The molecular weight excluding hydrogens is 312 g/mol. The van der Waals surface area contributed by atoms with E-state index in [2.05, 4.69) is 5.92 Å². The topological polar surface area (TPSA) is 77.9 Å². The Morgan fingerprint density at radius 1 is 1.43 bits per heavy atom. The van der Waals surface area contributed by atoms with Crippen LogP contribution in [0.4, 0.5) is 0 Å². The Hall–Kier alpha value is -1.40. The summed E-state index contributed by atoms with van der Waals surface area (Å²) in [5.41, 5.74) is 0.469. The number of rotatable bonds is 4. The Bertz CT molecular complexity index is 680. The molecule has 0 saturated carbocycles. The first-order chi connectivity index (χ1) is 9.86. The van der Waals surface area contributed by atoms with Gasteiger partial charge in [0.05, 0.1) is 6.54 Å². The highest BCUT2D eigenvalue weighted by atomic mass is 32.2. The standard InChI is InChI=1S/C13H16N2O4S2/c1-3-4-14-5-7-15(8-6-14)21(18,19)11-9-10(2)12(20-11)13(16)17/h1,9H,4-8H2,2H3,(H,16,17). The molecule has 0 spiro atoms. The third-order valence-electron chi connectivity index (χ3n) is 3.33. The molecule has 0 aromatic carbocycles. The SMILES string of the molecule is C#CCN1CCN(S(=O)(=O)c2cc(C)c(C(=O)O)s2)CC1. The minimum atomic E-state index is -3.63. The maximum absolute atomic E-state index is 12.5. The lowest BCUT2D eigenvalue weighted by molar-refractivity contribution is 0.0701. The van der Waals surface area contributed by atoms with E-state index in [-0.39, 0.29) is 9.09 Å². The molecule has 21 heavy (non-hydrogen) atoms. The number of hydrogen-bond acceptors (Lipinski definition) is 5. The van der Waals surface area contributed by atoms with Crippen LogP contribution in [0.1, 0.15) is 15.2 Å². The van der Waals surface area contributed by atoms with Crippen LogP contribution in [0.5, 0.6) is 0 Å². The van der Waals surface area contributed by atoms with Crippen LogP contribution in [0.15, 0.2) is 10.3 Å². The molecule has 6 nitrogen and oxygen atoms in total. The zero-order valence-electron chi connectivity index (χ0n) is 11.6. The molecular formula is C13H16N2O4S2.